The number of hydrogen-bond acceptors (Lipinski definition) is 10. The van der Waals surface area contributed by atoms with Crippen LogP contribution < -0.4 is 9.47 Å². The zero-order chi connectivity index (χ0) is 20.4. The Labute approximate surface area is 161 Å². The zero-order valence-electron chi connectivity index (χ0n) is 15.2. The van der Waals surface area contributed by atoms with E-state index in [9.17, 15) is 30.6 Å². The van der Waals surface area contributed by atoms with Crippen LogP contribution in [0.3, 0.4) is 0 Å². The molecule has 158 valence electrons. The minimum Gasteiger partial charge on any atom is -0.462 e. The Balaban J connectivity index is 1.60. The molecule has 1 aromatic carbocycles. The van der Waals surface area contributed by atoms with E-state index in [4.69, 9.17) is 18.9 Å². The van der Waals surface area contributed by atoms with E-state index in [1.807, 2.05) is 0 Å². The molecule has 10 heteroatoms. The van der Waals surface area contributed by atoms with Gasteiger partial charge in [-0.15, -0.1) is 0 Å². The molecule has 2 fully saturated rings. The van der Waals surface area contributed by atoms with Crippen LogP contribution in [0.25, 0.3) is 0 Å². The van der Waals surface area contributed by atoms with Crippen LogP contribution in [-0.2, 0) is 9.47 Å². The Bertz CT molecular complexity index is 598. The van der Waals surface area contributed by atoms with Gasteiger partial charge in [0.15, 0.2) is 0 Å². The third-order valence-electron chi connectivity index (χ3n) is 4.84. The summed E-state index contributed by atoms with van der Waals surface area (Å²) in [7, 11) is 0. The van der Waals surface area contributed by atoms with E-state index in [0.29, 0.717) is 11.5 Å². The summed E-state index contributed by atoms with van der Waals surface area (Å²) in [4.78, 5) is 0. The summed E-state index contributed by atoms with van der Waals surface area (Å²) in [6.07, 6.45) is -9.94. The molecule has 0 spiro atoms. The second-order valence-corrected chi connectivity index (χ2v) is 6.99. The number of hydrogen-bond donors (Lipinski definition) is 6. The summed E-state index contributed by atoms with van der Waals surface area (Å²) < 4.78 is 21.8. The molecule has 28 heavy (non-hydrogen) atoms. The summed E-state index contributed by atoms with van der Waals surface area (Å²) in [5, 5.41) is 58.5. The normalized spacial score (nSPS) is 41.5. The first kappa shape index (κ1) is 21.2. The van der Waals surface area contributed by atoms with Crippen LogP contribution >= 0.6 is 0 Å². The SMILES string of the molecule is CC1OC(Oc2ccc(OC3OC(CO)CC(O)C3O)cc2)C(O)C(O)C1O. The number of aliphatic hydroxyl groups is 6. The van der Waals surface area contributed by atoms with Crippen molar-refractivity contribution in [3.05, 3.63) is 24.3 Å². The van der Waals surface area contributed by atoms with Gasteiger partial charge in [0.2, 0.25) is 12.6 Å². The van der Waals surface area contributed by atoms with E-state index in [-0.39, 0.29) is 13.0 Å². The Kier molecular flexibility index (Phi) is 6.73. The third-order valence-corrected chi connectivity index (χ3v) is 4.84. The van der Waals surface area contributed by atoms with E-state index >= 15 is 0 Å². The van der Waals surface area contributed by atoms with Crippen LogP contribution in [0.1, 0.15) is 13.3 Å². The minimum atomic E-state index is -1.43. The predicted octanol–water partition coefficient (Wildman–Crippen LogP) is -1.90. The van der Waals surface area contributed by atoms with E-state index in [1.165, 1.54) is 24.3 Å². The predicted molar refractivity (Wildman–Crippen MR) is 92.4 cm³/mol. The van der Waals surface area contributed by atoms with Crippen LogP contribution in [-0.4, -0.2) is 92.6 Å². The van der Waals surface area contributed by atoms with Crippen LogP contribution in [0.15, 0.2) is 24.3 Å². The van der Waals surface area contributed by atoms with Gasteiger partial charge in [-0.3, -0.25) is 0 Å². The lowest BCUT2D eigenvalue weighted by molar-refractivity contribution is -0.268. The largest absolute Gasteiger partial charge is 0.462 e. The highest BCUT2D eigenvalue weighted by Crippen LogP contribution is 2.27. The molecule has 0 aliphatic carbocycles. The van der Waals surface area contributed by atoms with Gasteiger partial charge in [-0.05, 0) is 31.2 Å². The highest BCUT2D eigenvalue weighted by molar-refractivity contribution is 5.31. The topological polar surface area (TPSA) is 158 Å². The molecule has 0 saturated carbocycles. The summed E-state index contributed by atoms with van der Waals surface area (Å²) >= 11 is 0. The van der Waals surface area contributed by atoms with Crippen molar-refractivity contribution in [2.75, 3.05) is 6.61 Å². The fraction of sp³-hybridized carbons (Fsp3) is 0.667. The molecule has 9 unspecified atom stereocenters. The monoisotopic (exact) mass is 402 g/mol. The highest BCUT2D eigenvalue weighted by Gasteiger charge is 2.43. The second kappa shape index (κ2) is 8.89. The van der Waals surface area contributed by atoms with Crippen molar-refractivity contribution in [1.29, 1.82) is 0 Å². The average Bonchev–Trinajstić information content (AvgIpc) is 2.69. The lowest BCUT2D eigenvalue weighted by Crippen LogP contribution is -2.58. The van der Waals surface area contributed by atoms with Crippen LogP contribution in [0, 0.1) is 0 Å². The Morgan fingerprint density at radius 3 is 1.89 bits per heavy atom. The number of rotatable bonds is 5. The first-order valence-corrected chi connectivity index (χ1v) is 9.05. The standard InChI is InChI=1S/C18H26O10/c1-8-13(21)15(23)16(24)18(25-8)27-10-4-2-9(3-5-10)26-17-14(22)12(20)6-11(7-19)28-17/h2-5,8,11-24H,6-7H2,1H3. The molecular weight excluding hydrogens is 376 g/mol. The molecule has 0 bridgehead atoms. The molecule has 0 radical (unpaired) electrons. The molecule has 0 aromatic heterocycles. The molecular formula is C18H26O10. The molecule has 1 aromatic rings. The van der Waals surface area contributed by atoms with Gasteiger partial charge < -0.3 is 49.6 Å². The van der Waals surface area contributed by atoms with Crippen molar-refractivity contribution in [2.24, 2.45) is 0 Å². The Morgan fingerprint density at radius 2 is 1.36 bits per heavy atom. The van der Waals surface area contributed by atoms with E-state index in [0.717, 1.165) is 0 Å². The molecule has 2 heterocycles. The average molecular weight is 402 g/mol. The maximum atomic E-state index is 9.99. The fourth-order valence-corrected chi connectivity index (χ4v) is 3.11. The highest BCUT2D eigenvalue weighted by atomic mass is 16.7. The van der Waals surface area contributed by atoms with E-state index < -0.39 is 55.3 Å². The lowest BCUT2D eigenvalue weighted by atomic mass is 10.00. The molecule has 3 rings (SSSR count). The lowest BCUT2D eigenvalue weighted by Gasteiger charge is -2.38. The van der Waals surface area contributed by atoms with Crippen molar-refractivity contribution in [2.45, 2.75) is 68.7 Å². The molecule has 10 nitrogen and oxygen atoms in total. The van der Waals surface area contributed by atoms with Crippen molar-refractivity contribution >= 4 is 0 Å². The summed E-state index contributed by atoms with van der Waals surface area (Å²) in [6.45, 7) is 1.25. The molecule has 9 atom stereocenters. The van der Waals surface area contributed by atoms with Crippen LogP contribution in [0.2, 0.25) is 0 Å². The maximum absolute atomic E-state index is 9.99. The van der Waals surface area contributed by atoms with Gasteiger partial charge in [-0.1, -0.05) is 0 Å². The third kappa shape index (κ3) is 4.56. The second-order valence-electron chi connectivity index (χ2n) is 6.99. The van der Waals surface area contributed by atoms with Gasteiger partial charge in [0.1, 0.15) is 35.9 Å². The zero-order valence-corrected chi connectivity index (χ0v) is 15.2. The van der Waals surface area contributed by atoms with Gasteiger partial charge in [-0.2, -0.15) is 0 Å². The molecule has 2 saturated heterocycles. The molecule has 2 aliphatic heterocycles. The Hall–Kier alpha value is -1.50. The quantitative estimate of drug-likeness (QED) is 0.329. The molecule has 0 amide bonds. The summed E-state index contributed by atoms with van der Waals surface area (Å²) in [5.41, 5.74) is 0. The van der Waals surface area contributed by atoms with Gasteiger partial charge >= 0.3 is 0 Å². The van der Waals surface area contributed by atoms with Gasteiger partial charge in [0.05, 0.1) is 24.9 Å². The van der Waals surface area contributed by atoms with Crippen molar-refractivity contribution in [3.63, 3.8) is 0 Å². The van der Waals surface area contributed by atoms with E-state index in [1.54, 1.807) is 6.92 Å². The molecule has 2 aliphatic rings. The maximum Gasteiger partial charge on any atom is 0.229 e. The minimum absolute atomic E-state index is 0.104. The van der Waals surface area contributed by atoms with Crippen LogP contribution in [0.5, 0.6) is 11.5 Å². The van der Waals surface area contributed by atoms with Gasteiger partial charge in [0.25, 0.3) is 0 Å². The Morgan fingerprint density at radius 1 is 0.821 bits per heavy atom. The van der Waals surface area contributed by atoms with Crippen molar-refractivity contribution in [1.82, 2.24) is 0 Å². The number of aliphatic hydroxyl groups excluding tert-OH is 6. The van der Waals surface area contributed by atoms with Gasteiger partial charge in [0, 0.05) is 6.42 Å². The fourth-order valence-electron chi connectivity index (χ4n) is 3.11. The molecule has 6 N–H and O–H groups in total. The first-order chi connectivity index (χ1) is 13.3. The van der Waals surface area contributed by atoms with Crippen molar-refractivity contribution in [3.8, 4) is 11.5 Å². The van der Waals surface area contributed by atoms with Crippen LogP contribution in [0.4, 0.5) is 0 Å². The number of ether oxygens (including phenoxy) is 4. The first-order valence-electron chi connectivity index (χ1n) is 9.05. The van der Waals surface area contributed by atoms with Gasteiger partial charge in [-0.25, -0.2) is 0 Å². The smallest absolute Gasteiger partial charge is 0.229 e. The summed E-state index contributed by atoms with van der Waals surface area (Å²) in [5.74, 6) is 0.627. The summed E-state index contributed by atoms with van der Waals surface area (Å²) in [6, 6.07) is 6.07. The van der Waals surface area contributed by atoms with Crippen molar-refractivity contribution < 1.29 is 49.6 Å². The van der Waals surface area contributed by atoms with E-state index in [2.05, 4.69) is 0 Å². The number of benzene rings is 1.